The van der Waals surface area contributed by atoms with Gasteiger partial charge in [-0.1, -0.05) is 18.2 Å². The van der Waals surface area contributed by atoms with Gasteiger partial charge in [0.2, 0.25) is 0 Å². The third kappa shape index (κ3) is 4.05. The molecule has 0 spiro atoms. The fourth-order valence-electron chi connectivity index (χ4n) is 2.02. The van der Waals surface area contributed by atoms with Gasteiger partial charge < -0.3 is 15.0 Å². The van der Waals surface area contributed by atoms with Crippen molar-refractivity contribution in [3.63, 3.8) is 0 Å². The van der Waals surface area contributed by atoms with Crippen LogP contribution in [-0.2, 0) is 4.57 Å². The molecule has 1 atom stereocenters. The number of rotatable bonds is 4. The first-order valence-electron chi connectivity index (χ1n) is 7.13. The zero-order valence-corrected chi connectivity index (χ0v) is 14.3. The van der Waals surface area contributed by atoms with E-state index in [1.165, 1.54) is 0 Å². The lowest BCUT2D eigenvalue weighted by molar-refractivity contribution is 0.132. The van der Waals surface area contributed by atoms with Crippen molar-refractivity contribution in [2.75, 3.05) is 5.73 Å². The van der Waals surface area contributed by atoms with E-state index in [2.05, 4.69) is 0 Å². The maximum atomic E-state index is 12.7. The number of hydrogen-bond acceptors (Lipinski definition) is 4. The van der Waals surface area contributed by atoms with E-state index < -0.39 is 13.6 Å². The van der Waals surface area contributed by atoms with E-state index in [1.54, 1.807) is 24.3 Å². The fraction of sp³-hybridized carbons (Fsp3) is 0.294. The molecule has 0 saturated heterocycles. The van der Waals surface area contributed by atoms with Gasteiger partial charge >= 0.3 is 0 Å². The summed E-state index contributed by atoms with van der Waals surface area (Å²) in [5.74, 6) is 1.12. The van der Waals surface area contributed by atoms with Crippen LogP contribution in [0.3, 0.4) is 0 Å². The van der Waals surface area contributed by atoms with Crippen molar-refractivity contribution in [3.05, 3.63) is 48.0 Å². The number of hydrogen-bond donors (Lipinski definition) is 1. The van der Waals surface area contributed by atoms with Crippen molar-refractivity contribution in [2.24, 2.45) is 0 Å². The number of nitrogen functional groups attached to an aromatic ring is 1. The Labute approximate surface area is 132 Å². The number of anilines is 1. The van der Waals surface area contributed by atoms with Gasteiger partial charge in [0, 0.05) is 5.69 Å². The van der Waals surface area contributed by atoms with Gasteiger partial charge in [0.25, 0.3) is 8.03 Å². The van der Waals surface area contributed by atoms with Crippen LogP contribution in [0.25, 0.3) is 0 Å². The summed E-state index contributed by atoms with van der Waals surface area (Å²) in [7, 11) is -2.53. The van der Waals surface area contributed by atoms with E-state index in [0.717, 1.165) is 5.56 Å². The standard InChI is InChI=1S/C17H22NO3P/c1-12-14(18)10-11-15(20-17(2,3)4)16(12)22(19)21-13-8-6-5-7-9-13/h5-11,22H,18H2,1-4H3. The summed E-state index contributed by atoms with van der Waals surface area (Å²) < 4.78 is 24.2. The average molecular weight is 319 g/mol. The van der Waals surface area contributed by atoms with Gasteiger partial charge in [-0.2, -0.15) is 0 Å². The van der Waals surface area contributed by atoms with E-state index in [0.29, 0.717) is 22.5 Å². The molecule has 0 aliphatic heterocycles. The van der Waals surface area contributed by atoms with Gasteiger partial charge in [0.15, 0.2) is 0 Å². The minimum absolute atomic E-state index is 0.397. The molecule has 0 amide bonds. The number of ether oxygens (including phenoxy) is 1. The maximum absolute atomic E-state index is 12.7. The van der Waals surface area contributed by atoms with Gasteiger partial charge in [-0.3, -0.25) is 4.57 Å². The van der Waals surface area contributed by atoms with Gasteiger partial charge in [0.05, 0.1) is 5.30 Å². The Morgan fingerprint density at radius 2 is 1.68 bits per heavy atom. The molecule has 2 aromatic carbocycles. The van der Waals surface area contributed by atoms with Crippen LogP contribution in [0.1, 0.15) is 26.3 Å². The van der Waals surface area contributed by atoms with Gasteiger partial charge in [-0.15, -0.1) is 0 Å². The Morgan fingerprint density at radius 1 is 1.05 bits per heavy atom. The molecule has 0 saturated carbocycles. The molecule has 22 heavy (non-hydrogen) atoms. The number of benzene rings is 2. The Morgan fingerprint density at radius 3 is 2.27 bits per heavy atom. The van der Waals surface area contributed by atoms with Crippen LogP contribution in [0.4, 0.5) is 5.69 Å². The SMILES string of the molecule is Cc1c(N)ccc(OC(C)(C)C)c1[PH](=O)Oc1ccccc1. The predicted molar refractivity (Wildman–Crippen MR) is 91.7 cm³/mol. The molecule has 2 N–H and O–H groups in total. The van der Waals surface area contributed by atoms with Crippen molar-refractivity contribution in [1.82, 2.24) is 0 Å². The van der Waals surface area contributed by atoms with Gasteiger partial charge in [0.1, 0.15) is 17.1 Å². The lowest BCUT2D eigenvalue weighted by Crippen LogP contribution is -2.26. The molecule has 0 aromatic heterocycles. The van der Waals surface area contributed by atoms with Crippen LogP contribution in [0, 0.1) is 6.92 Å². The first kappa shape index (κ1) is 16.4. The van der Waals surface area contributed by atoms with E-state index in [-0.39, 0.29) is 0 Å². The summed E-state index contributed by atoms with van der Waals surface area (Å²) in [5.41, 5.74) is 6.87. The maximum Gasteiger partial charge on any atom is 0.270 e. The zero-order chi connectivity index (χ0) is 16.3. The molecule has 0 radical (unpaired) electrons. The van der Waals surface area contributed by atoms with Crippen molar-refractivity contribution in [1.29, 1.82) is 0 Å². The Kier molecular flexibility index (Phi) is 4.82. The van der Waals surface area contributed by atoms with Crippen LogP contribution >= 0.6 is 8.03 Å². The average Bonchev–Trinajstić information content (AvgIpc) is 2.42. The molecule has 0 aliphatic rings. The summed E-state index contributed by atoms with van der Waals surface area (Å²) in [5, 5.41) is 0.545. The summed E-state index contributed by atoms with van der Waals surface area (Å²) in [4.78, 5) is 0. The summed E-state index contributed by atoms with van der Waals surface area (Å²) in [6.07, 6.45) is 0. The lowest BCUT2D eigenvalue weighted by Gasteiger charge is -2.24. The second-order valence-corrected chi connectivity index (χ2v) is 7.35. The highest BCUT2D eigenvalue weighted by molar-refractivity contribution is 7.49. The minimum Gasteiger partial charge on any atom is -0.487 e. The second-order valence-electron chi connectivity index (χ2n) is 6.07. The summed E-state index contributed by atoms with van der Waals surface area (Å²) >= 11 is 0. The Hall–Kier alpha value is -1.93. The predicted octanol–water partition coefficient (Wildman–Crippen LogP) is 3.93. The first-order chi connectivity index (χ1) is 10.3. The van der Waals surface area contributed by atoms with E-state index in [9.17, 15) is 4.57 Å². The van der Waals surface area contributed by atoms with Crippen molar-refractivity contribution >= 4 is 19.0 Å². The topological polar surface area (TPSA) is 61.5 Å². The molecular weight excluding hydrogens is 297 g/mol. The van der Waals surface area contributed by atoms with Gasteiger partial charge in [-0.05, 0) is 57.5 Å². The largest absolute Gasteiger partial charge is 0.487 e. The fourth-order valence-corrected chi connectivity index (χ4v) is 3.26. The van der Waals surface area contributed by atoms with Crippen LogP contribution in [0.5, 0.6) is 11.5 Å². The van der Waals surface area contributed by atoms with Crippen molar-refractivity contribution < 1.29 is 13.8 Å². The zero-order valence-electron chi connectivity index (χ0n) is 13.3. The molecule has 118 valence electrons. The molecular formula is C17H22NO3P. The summed E-state index contributed by atoms with van der Waals surface area (Å²) in [6.45, 7) is 7.66. The molecule has 4 nitrogen and oxygen atoms in total. The lowest BCUT2D eigenvalue weighted by atomic mass is 10.1. The molecule has 0 aliphatic carbocycles. The van der Waals surface area contributed by atoms with Crippen LogP contribution in [0.2, 0.25) is 0 Å². The highest BCUT2D eigenvalue weighted by atomic mass is 31.1. The van der Waals surface area contributed by atoms with E-state index in [1.807, 2.05) is 45.9 Å². The van der Waals surface area contributed by atoms with Gasteiger partial charge in [-0.25, -0.2) is 0 Å². The van der Waals surface area contributed by atoms with E-state index >= 15 is 0 Å². The van der Waals surface area contributed by atoms with Crippen LogP contribution < -0.4 is 20.3 Å². The molecule has 2 rings (SSSR count). The van der Waals surface area contributed by atoms with Crippen LogP contribution in [-0.4, -0.2) is 5.60 Å². The Bertz CT molecular complexity index is 678. The van der Waals surface area contributed by atoms with Crippen LogP contribution in [0.15, 0.2) is 42.5 Å². The second kappa shape index (κ2) is 6.45. The highest BCUT2D eigenvalue weighted by Gasteiger charge is 2.21. The Balaban J connectivity index is 2.39. The third-order valence-electron chi connectivity index (χ3n) is 3.04. The smallest absolute Gasteiger partial charge is 0.270 e. The van der Waals surface area contributed by atoms with Crippen molar-refractivity contribution in [3.8, 4) is 11.5 Å². The number of nitrogens with two attached hydrogens (primary N) is 1. The molecule has 1 unspecified atom stereocenters. The molecule has 0 heterocycles. The number of para-hydroxylation sites is 1. The van der Waals surface area contributed by atoms with E-state index in [4.69, 9.17) is 15.0 Å². The normalized spacial score (nSPS) is 12.7. The molecule has 2 aromatic rings. The highest BCUT2D eigenvalue weighted by Crippen LogP contribution is 2.34. The first-order valence-corrected chi connectivity index (χ1v) is 8.45. The monoisotopic (exact) mass is 319 g/mol. The minimum atomic E-state index is -2.53. The molecule has 0 bridgehead atoms. The van der Waals surface area contributed by atoms with Crippen molar-refractivity contribution in [2.45, 2.75) is 33.3 Å². The third-order valence-corrected chi connectivity index (χ3v) is 4.49. The summed E-state index contributed by atoms with van der Waals surface area (Å²) in [6, 6.07) is 12.6. The quantitative estimate of drug-likeness (QED) is 0.685. The molecule has 0 fully saturated rings. The molecule has 5 heteroatoms.